The van der Waals surface area contributed by atoms with Crippen LogP contribution in [0.5, 0.6) is 0 Å². The first kappa shape index (κ1) is 19.4. The first-order chi connectivity index (χ1) is 13.0. The summed E-state index contributed by atoms with van der Waals surface area (Å²) in [5.41, 5.74) is 0.148. The second-order valence-electron chi connectivity index (χ2n) is 6.97. The second-order valence-corrected chi connectivity index (χ2v) is 6.97. The van der Waals surface area contributed by atoms with Crippen LogP contribution >= 0.6 is 0 Å². The number of H-pyrrole nitrogens is 1. The molecule has 0 radical (unpaired) electrons. The van der Waals surface area contributed by atoms with Gasteiger partial charge in [0.2, 0.25) is 5.91 Å². The van der Waals surface area contributed by atoms with Gasteiger partial charge in [-0.3, -0.25) is 9.63 Å². The molecule has 8 nitrogen and oxygen atoms in total. The number of anilines is 1. The molecule has 1 fully saturated rings. The maximum atomic E-state index is 14.0. The van der Waals surface area contributed by atoms with Gasteiger partial charge in [-0.1, -0.05) is 24.3 Å². The fourth-order valence-corrected chi connectivity index (χ4v) is 3.39. The van der Waals surface area contributed by atoms with Crippen LogP contribution in [-0.2, 0) is 16.1 Å². The van der Waals surface area contributed by atoms with Crippen molar-refractivity contribution in [1.82, 2.24) is 25.5 Å². The number of hydrogen-bond donors (Lipinski definition) is 1. The molecule has 3 rings (SSSR count). The van der Waals surface area contributed by atoms with Crippen molar-refractivity contribution >= 4 is 11.6 Å². The van der Waals surface area contributed by atoms with Gasteiger partial charge in [0.05, 0.1) is 6.61 Å². The standard InChI is InChI=1S/C18H25FN6O2/c1-13-11-24(10-8-18-20-22-23-21-18)9-7-15(13)12-27-25(14(2)26)17-6-4-3-5-16(17)19/h3-6,13,15H,7-12H2,1-2H3,(H,20,21,22,23)/t13-,15-/m1/s1. The first-order valence-electron chi connectivity index (χ1n) is 9.17. The number of halogens is 1. The van der Waals surface area contributed by atoms with E-state index in [0.717, 1.165) is 43.4 Å². The van der Waals surface area contributed by atoms with E-state index in [4.69, 9.17) is 4.84 Å². The Morgan fingerprint density at radius 2 is 2.26 bits per heavy atom. The number of carbonyl (C=O) groups excluding carboxylic acids is 1. The summed E-state index contributed by atoms with van der Waals surface area (Å²) >= 11 is 0. The molecular weight excluding hydrogens is 351 g/mol. The molecule has 27 heavy (non-hydrogen) atoms. The number of para-hydroxylation sites is 1. The number of benzene rings is 1. The maximum absolute atomic E-state index is 14.0. The minimum atomic E-state index is -0.475. The quantitative estimate of drug-likeness (QED) is 0.742. The number of piperidine rings is 1. The molecule has 0 unspecified atom stereocenters. The van der Waals surface area contributed by atoms with Crippen molar-refractivity contribution in [2.75, 3.05) is 31.3 Å². The molecule has 1 amide bonds. The fraction of sp³-hybridized carbons (Fsp3) is 0.556. The van der Waals surface area contributed by atoms with Crippen LogP contribution in [0.2, 0.25) is 0 Å². The lowest BCUT2D eigenvalue weighted by molar-refractivity contribution is -0.125. The molecule has 1 aliphatic heterocycles. The smallest absolute Gasteiger partial charge is 0.247 e. The summed E-state index contributed by atoms with van der Waals surface area (Å²) in [7, 11) is 0. The normalized spacial score (nSPS) is 20.6. The van der Waals surface area contributed by atoms with E-state index >= 15 is 0 Å². The Morgan fingerprint density at radius 1 is 1.44 bits per heavy atom. The predicted octanol–water partition coefficient (Wildman–Crippen LogP) is 1.82. The van der Waals surface area contributed by atoms with E-state index in [0.29, 0.717) is 18.4 Å². The highest BCUT2D eigenvalue weighted by Crippen LogP contribution is 2.26. The van der Waals surface area contributed by atoms with Crippen molar-refractivity contribution in [3.05, 3.63) is 35.9 Å². The summed E-state index contributed by atoms with van der Waals surface area (Å²) < 4.78 is 14.0. The summed E-state index contributed by atoms with van der Waals surface area (Å²) in [4.78, 5) is 20.0. The average molecular weight is 376 g/mol. The van der Waals surface area contributed by atoms with Gasteiger partial charge < -0.3 is 4.90 Å². The highest BCUT2D eigenvalue weighted by molar-refractivity contribution is 5.89. The Morgan fingerprint density at radius 3 is 2.93 bits per heavy atom. The number of amides is 1. The number of nitrogens with one attached hydrogen (secondary N) is 1. The SMILES string of the molecule is CC(=O)N(OC[C@H]1CCN(CCc2nn[nH]n2)C[C@H]1C)c1ccccc1F. The zero-order valence-corrected chi connectivity index (χ0v) is 15.6. The van der Waals surface area contributed by atoms with E-state index in [-0.39, 0.29) is 11.6 Å². The number of aromatic amines is 1. The third kappa shape index (κ3) is 5.08. The summed E-state index contributed by atoms with van der Waals surface area (Å²) in [6, 6.07) is 6.13. The fourth-order valence-electron chi connectivity index (χ4n) is 3.39. The van der Waals surface area contributed by atoms with E-state index in [1.54, 1.807) is 18.2 Å². The van der Waals surface area contributed by atoms with E-state index in [1.165, 1.54) is 13.0 Å². The number of carbonyl (C=O) groups is 1. The third-order valence-electron chi connectivity index (χ3n) is 4.98. The Balaban J connectivity index is 1.50. The molecule has 1 aromatic heterocycles. The lowest BCUT2D eigenvalue weighted by atomic mass is 9.87. The van der Waals surface area contributed by atoms with Crippen molar-refractivity contribution in [3.8, 4) is 0 Å². The van der Waals surface area contributed by atoms with E-state index in [2.05, 4.69) is 32.4 Å². The summed E-state index contributed by atoms with van der Waals surface area (Å²) in [6.07, 6.45) is 1.71. The third-order valence-corrected chi connectivity index (χ3v) is 4.98. The monoisotopic (exact) mass is 376 g/mol. The Bertz CT molecular complexity index is 741. The topological polar surface area (TPSA) is 87.2 Å². The molecule has 0 bridgehead atoms. The van der Waals surface area contributed by atoms with Crippen LogP contribution in [-0.4, -0.2) is 57.7 Å². The number of rotatable bonds is 7. The molecule has 1 aromatic carbocycles. The highest BCUT2D eigenvalue weighted by Gasteiger charge is 2.28. The minimum Gasteiger partial charge on any atom is -0.303 e. The lowest BCUT2D eigenvalue weighted by Gasteiger charge is -2.37. The molecule has 9 heteroatoms. The highest BCUT2D eigenvalue weighted by atomic mass is 19.1. The zero-order valence-electron chi connectivity index (χ0n) is 15.6. The van der Waals surface area contributed by atoms with Crippen LogP contribution in [0.25, 0.3) is 0 Å². The number of likely N-dealkylation sites (tertiary alicyclic amines) is 1. The van der Waals surface area contributed by atoms with Gasteiger partial charge in [-0.25, -0.2) is 4.39 Å². The number of hydrogen-bond acceptors (Lipinski definition) is 6. The Hall–Kier alpha value is -2.39. The number of nitrogens with zero attached hydrogens (tertiary/aromatic N) is 5. The van der Waals surface area contributed by atoms with Gasteiger partial charge >= 0.3 is 0 Å². The van der Waals surface area contributed by atoms with Gasteiger partial charge in [-0.2, -0.15) is 10.3 Å². The molecule has 2 aromatic rings. The van der Waals surface area contributed by atoms with Crippen LogP contribution in [0.3, 0.4) is 0 Å². The first-order valence-corrected chi connectivity index (χ1v) is 9.17. The Labute approximate surface area is 157 Å². The number of aromatic nitrogens is 4. The lowest BCUT2D eigenvalue weighted by Crippen LogP contribution is -2.43. The summed E-state index contributed by atoms with van der Waals surface area (Å²) in [6.45, 7) is 6.69. The van der Waals surface area contributed by atoms with Gasteiger partial charge in [-0.05, 0) is 36.9 Å². The van der Waals surface area contributed by atoms with Crippen LogP contribution in [0.15, 0.2) is 24.3 Å². The van der Waals surface area contributed by atoms with Crippen molar-refractivity contribution in [3.63, 3.8) is 0 Å². The largest absolute Gasteiger partial charge is 0.303 e. The molecule has 0 aliphatic carbocycles. The van der Waals surface area contributed by atoms with Gasteiger partial charge in [0.25, 0.3) is 0 Å². The van der Waals surface area contributed by atoms with Gasteiger partial charge in [-0.15, -0.1) is 10.2 Å². The zero-order chi connectivity index (χ0) is 19.2. The molecule has 1 saturated heterocycles. The van der Waals surface area contributed by atoms with Gasteiger partial charge in [0.1, 0.15) is 11.5 Å². The van der Waals surface area contributed by atoms with Crippen LogP contribution in [0.1, 0.15) is 26.1 Å². The van der Waals surface area contributed by atoms with E-state index < -0.39 is 5.82 Å². The molecule has 2 atom stereocenters. The Kier molecular flexibility index (Phi) is 6.46. The van der Waals surface area contributed by atoms with E-state index in [9.17, 15) is 9.18 Å². The van der Waals surface area contributed by atoms with Crippen molar-refractivity contribution < 1.29 is 14.0 Å². The molecule has 1 N–H and O–H groups in total. The summed E-state index contributed by atoms with van der Waals surface area (Å²) in [5, 5.41) is 15.0. The van der Waals surface area contributed by atoms with Crippen molar-refractivity contribution in [2.45, 2.75) is 26.7 Å². The molecule has 0 spiro atoms. The molecule has 2 heterocycles. The van der Waals surface area contributed by atoms with E-state index in [1.807, 2.05) is 0 Å². The van der Waals surface area contributed by atoms with Crippen LogP contribution < -0.4 is 5.06 Å². The number of hydroxylamine groups is 1. The minimum absolute atomic E-state index is 0.148. The molecule has 146 valence electrons. The molecule has 1 aliphatic rings. The molecule has 0 saturated carbocycles. The van der Waals surface area contributed by atoms with Crippen LogP contribution in [0.4, 0.5) is 10.1 Å². The number of tetrazole rings is 1. The van der Waals surface area contributed by atoms with Gasteiger partial charge in [0, 0.05) is 26.4 Å². The predicted molar refractivity (Wildman–Crippen MR) is 97.1 cm³/mol. The summed E-state index contributed by atoms with van der Waals surface area (Å²) in [5.74, 6) is 0.607. The van der Waals surface area contributed by atoms with Crippen molar-refractivity contribution in [1.29, 1.82) is 0 Å². The van der Waals surface area contributed by atoms with Crippen LogP contribution in [0, 0.1) is 17.7 Å². The molecular formula is C18H25FN6O2. The van der Waals surface area contributed by atoms with Crippen molar-refractivity contribution in [2.24, 2.45) is 11.8 Å². The maximum Gasteiger partial charge on any atom is 0.247 e. The van der Waals surface area contributed by atoms with Gasteiger partial charge in [0.15, 0.2) is 5.82 Å². The average Bonchev–Trinajstić information content (AvgIpc) is 3.16. The second kappa shape index (κ2) is 9.01.